The van der Waals surface area contributed by atoms with Crippen molar-refractivity contribution in [3.63, 3.8) is 0 Å². The summed E-state index contributed by atoms with van der Waals surface area (Å²) >= 11 is 0. The first-order chi connectivity index (χ1) is 16.1. The Kier molecular flexibility index (Phi) is 6.66. The van der Waals surface area contributed by atoms with Crippen LogP contribution >= 0.6 is 0 Å². The lowest BCUT2D eigenvalue weighted by molar-refractivity contribution is -0.124. The van der Waals surface area contributed by atoms with E-state index in [9.17, 15) is 26.4 Å². The van der Waals surface area contributed by atoms with Gasteiger partial charge in [-0.25, -0.2) is 21.6 Å². The Hall–Kier alpha value is -3.32. The van der Waals surface area contributed by atoms with Crippen molar-refractivity contribution in [1.82, 2.24) is 5.32 Å². The predicted molar refractivity (Wildman–Crippen MR) is 120 cm³/mol. The van der Waals surface area contributed by atoms with Crippen LogP contribution in [-0.4, -0.2) is 66.1 Å². The fourth-order valence-corrected chi connectivity index (χ4v) is 6.22. The predicted octanol–water partition coefficient (Wildman–Crippen LogP) is 0.719. The zero-order valence-corrected chi connectivity index (χ0v) is 19.5. The number of carbonyl (C=O) groups is 2. The Labute approximate surface area is 196 Å². The highest BCUT2D eigenvalue weighted by atomic mass is 32.2. The minimum atomic E-state index is -3.92. The highest BCUT2D eigenvalue weighted by molar-refractivity contribution is 7.92. The minimum Gasteiger partial charge on any atom is -0.486 e. The Morgan fingerprint density at radius 3 is 2.41 bits per heavy atom. The number of nitrogens with one attached hydrogen (secondary N) is 2. The molecule has 34 heavy (non-hydrogen) atoms. The Morgan fingerprint density at radius 1 is 1.03 bits per heavy atom. The number of hydrogen-bond donors (Lipinski definition) is 2. The van der Waals surface area contributed by atoms with Crippen LogP contribution < -0.4 is 19.5 Å². The highest BCUT2D eigenvalue weighted by Crippen LogP contribution is 2.32. The number of sulfone groups is 1. The van der Waals surface area contributed by atoms with Gasteiger partial charge >= 0.3 is 5.97 Å². The molecule has 0 aliphatic carbocycles. The zero-order valence-electron chi connectivity index (χ0n) is 17.9. The molecule has 1 amide bonds. The van der Waals surface area contributed by atoms with Gasteiger partial charge in [0.15, 0.2) is 27.9 Å². The molecule has 1 atom stereocenters. The van der Waals surface area contributed by atoms with Crippen molar-refractivity contribution in [2.75, 3.05) is 36.0 Å². The molecule has 2 aromatic rings. The number of hydrogen-bond acceptors (Lipinski definition) is 9. The van der Waals surface area contributed by atoms with Crippen LogP contribution in [0, 0.1) is 0 Å². The third-order valence-electron chi connectivity index (χ3n) is 5.13. The fourth-order valence-electron chi connectivity index (χ4n) is 3.47. The van der Waals surface area contributed by atoms with E-state index in [0.29, 0.717) is 31.1 Å². The molecule has 182 valence electrons. The quantitative estimate of drug-likeness (QED) is 0.513. The van der Waals surface area contributed by atoms with Crippen LogP contribution in [0.15, 0.2) is 47.4 Å². The number of rotatable bonds is 7. The van der Waals surface area contributed by atoms with E-state index in [0.717, 1.165) is 0 Å². The van der Waals surface area contributed by atoms with Crippen molar-refractivity contribution in [3.05, 3.63) is 48.0 Å². The molecule has 11 nitrogen and oxygen atoms in total. The largest absolute Gasteiger partial charge is 0.486 e. The molecule has 2 aliphatic rings. The van der Waals surface area contributed by atoms with Crippen molar-refractivity contribution < 1.29 is 40.6 Å². The van der Waals surface area contributed by atoms with Crippen LogP contribution in [0.2, 0.25) is 0 Å². The molecule has 0 radical (unpaired) electrons. The summed E-state index contributed by atoms with van der Waals surface area (Å²) < 4.78 is 66.4. The van der Waals surface area contributed by atoms with E-state index in [-0.39, 0.29) is 27.7 Å². The van der Waals surface area contributed by atoms with E-state index in [2.05, 4.69) is 10.0 Å². The first-order valence-electron chi connectivity index (χ1n) is 10.3. The van der Waals surface area contributed by atoms with Gasteiger partial charge in [0, 0.05) is 17.8 Å². The Bertz CT molecular complexity index is 1310. The summed E-state index contributed by atoms with van der Waals surface area (Å²) in [5.74, 6) is -0.686. The molecule has 2 aliphatic heterocycles. The summed E-state index contributed by atoms with van der Waals surface area (Å²) in [5, 5.41) is 2.52. The number of benzene rings is 2. The minimum absolute atomic E-state index is 0.0127. The monoisotopic (exact) mass is 510 g/mol. The Balaban J connectivity index is 1.31. The molecular formula is C21H22N2O9S2. The number of sulfonamides is 1. The number of anilines is 1. The molecule has 0 spiro atoms. The third kappa shape index (κ3) is 5.78. The normalized spacial score (nSPS) is 18.6. The molecule has 0 aromatic heterocycles. The maximum atomic E-state index is 12.7. The summed E-state index contributed by atoms with van der Waals surface area (Å²) in [4.78, 5) is 24.1. The lowest BCUT2D eigenvalue weighted by Gasteiger charge is -2.19. The van der Waals surface area contributed by atoms with E-state index < -0.39 is 44.4 Å². The average Bonchev–Trinajstić information content (AvgIpc) is 3.15. The van der Waals surface area contributed by atoms with Crippen LogP contribution in [0.1, 0.15) is 16.8 Å². The summed E-state index contributed by atoms with van der Waals surface area (Å²) in [6.07, 6.45) is 0.325. The summed E-state index contributed by atoms with van der Waals surface area (Å²) in [6.45, 7) is 0.154. The topological polar surface area (TPSA) is 154 Å². The first-order valence-corrected chi connectivity index (χ1v) is 13.6. The van der Waals surface area contributed by atoms with Gasteiger partial charge in [-0.05, 0) is 42.8 Å². The van der Waals surface area contributed by atoms with Gasteiger partial charge in [0.05, 0.1) is 22.0 Å². The van der Waals surface area contributed by atoms with Gasteiger partial charge in [0.25, 0.3) is 15.9 Å². The lowest BCUT2D eigenvalue weighted by Crippen LogP contribution is -2.38. The van der Waals surface area contributed by atoms with Crippen molar-refractivity contribution in [2.24, 2.45) is 0 Å². The molecule has 2 aromatic carbocycles. The van der Waals surface area contributed by atoms with Gasteiger partial charge in [0.2, 0.25) is 0 Å². The fraction of sp³-hybridized carbons (Fsp3) is 0.333. The first kappa shape index (κ1) is 23.8. The zero-order chi connectivity index (χ0) is 24.3. The molecule has 2 N–H and O–H groups in total. The average molecular weight is 511 g/mol. The number of esters is 1. The van der Waals surface area contributed by atoms with Crippen LogP contribution in [0.3, 0.4) is 0 Å². The molecule has 0 unspecified atom stereocenters. The van der Waals surface area contributed by atoms with Crippen molar-refractivity contribution in [3.8, 4) is 11.5 Å². The van der Waals surface area contributed by atoms with E-state index in [4.69, 9.17) is 14.2 Å². The van der Waals surface area contributed by atoms with Crippen molar-refractivity contribution >= 4 is 37.4 Å². The van der Waals surface area contributed by atoms with Crippen molar-refractivity contribution in [2.45, 2.75) is 17.4 Å². The Morgan fingerprint density at radius 2 is 1.74 bits per heavy atom. The molecular weight excluding hydrogens is 488 g/mol. The molecule has 13 heteroatoms. The summed E-state index contributed by atoms with van der Waals surface area (Å²) in [5.41, 5.74) is 0.324. The van der Waals surface area contributed by atoms with Crippen molar-refractivity contribution in [1.29, 1.82) is 0 Å². The van der Waals surface area contributed by atoms with Crippen LogP contribution in [0.4, 0.5) is 5.69 Å². The van der Waals surface area contributed by atoms with Gasteiger partial charge in [0.1, 0.15) is 13.2 Å². The number of carbonyl (C=O) groups excluding carboxylic acids is 2. The number of ether oxygens (including phenoxy) is 3. The molecule has 2 heterocycles. The molecule has 0 bridgehead atoms. The van der Waals surface area contributed by atoms with Crippen LogP contribution in [-0.2, 0) is 29.4 Å². The lowest BCUT2D eigenvalue weighted by atomic mass is 10.2. The maximum absolute atomic E-state index is 12.7. The van der Waals surface area contributed by atoms with Gasteiger partial charge in [-0.2, -0.15) is 0 Å². The maximum Gasteiger partial charge on any atom is 0.338 e. The molecule has 1 fully saturated rings. The standard InChI is InChI=1S/C21H22N2O9S2/c24-20(22-16-7-10-33(26,27)13-16)12-32-21(25)14-1-3-15(4-2-14)23-34(28,29)17-5-6-18-19(11-17)31-9-8-30-18/h1-6,11,16,23H,7-10,12-13H2,(H,22,24)/t16-/m1/s1. The second kappa shape index (κ2) is 9.50. The third-order valence-corrected chi connectivity index (χ3v) is 8.28. The van der Waals surface area contributed by atoms with E-state index >= 15 is 0 Å². The van der Waals surface area contributed by atoms with Gasteiger partial charge in [-0.3, -0.25) is 9.52 Å². The van der Waals surface area contributed by atoms with Gasteiger partial charge < -0.3 is 19.5 Å². The van der Waals surface area contributed by atoms with E-state index in [1.807, 2.05) is 0 Å². The van der Waals surface area contributed by atoms with E-state index in [1.54, 1.807) is 0 Å². The smallest absolute Gasteiger partial charge is 0.338 e. The van der Waals surface area contributed by atoms with Crippen LogP contribution in [0.25, 0.3) is 0 Å². The number of fused-ring (bicyclic) bond motifs is 1. The second-order valence-electron chi connectivity index (χ2n) is 7.73. The highest BCUT2D eigenvalue weighted by Gasteiger charge is 2.29. The molecule has 0 saturated carbocycles. The SMILES string of the molecule is O=C(COC(=O)c1ccc(NS(=O)(=O)c2ccc3c(c2)OCCO3)cc1)N[C@@H]1CCS(=O)(=O)C1. The van der Waals surface area contributed by atoms with Crippen LogP contribution in [0.5, 0.6) is 11.5 Å². The van der Waals surface area contributed by atoms with Gasteiger partial charge in [-0.1, -0.05) is 0 Å². The summed E-state index contributed by atoms with van der Waals surface area (Å²) in [6, 6.07) is 9.27. The second-order valence-corrected chi connectivity index (χ2v) is 11.6. The van der Waals surface area contributed by atoms with Gasteiger partial charge in [-0.15, -0.1) is 0 Å². The molecule has 1 saturated heterocycles. The summed E-state index contributed by atoms with van der Waals surface area (Å²) in [7, 11) is -7.06. The molecule has 4 rings (SSSR count). The number of amides is 1. The van der Waals surface area contributed by atoms with E-state index in [1.165, 1.54) is 42.5 Å².